The van der Waals surface area contributed by atoms with Crippen molar-refractivity contribution in [1.82, 2.24) is 19.3 Å². The van der Waals surface area contributed by atoms with Gasteiger partial charge in [-0.3, -0.25) is 4.79 Å². The molecule has 7 heteroatoms. The van der Waals surface area contributed by atoms with Crippen LogP contribution in [0.3, 0.4) is 0 Å². The van der Waals surface area contributed by atoms with Gasteiger partial charge in [-0.25, -0.2) is 9.67 Å². The third kappa shape index (κ3) is 2.65. The molecular weight excluding hydrogens is 322 g/mol. The van der Waals surface area contributed by atoms with Crippen LogP contribution in [-0.2, 0) is 17.9 Å². The second-order valence-electron chi connectivity index (χ2n) is 5.97. The molecule has 0 saturated heterocycles. The SMILES string of the molecule is CCCn1ccnc1[C@H]1CC(=O)Nc2c1cnn2Cc1cccs1. The first-order valence-electron chi connectivity index (χ1n) is 8.15. The Bertz CT molecular complexity index is 848. The molecule has 0 fully saturated rings. The van der Waals surface area contributed by atoms with Crippen LogP contribution in [0.25, 0.3) is 0 Å². The number of aromatic nitrogens is 4. The summed E-state index contributed by atoms with van der Waals surface area (Å²) in [7, 11) is 0. The van der Waals surface area contributed by atoms with E-state index in [-0.39, 0.29) is 11.8 Å². The Hall–Kier alpha value is -2.41. The average molecular weight is 341 g/mol. The van der Waals surface area contributed by atoms with Crippen molar-refractivity contribution in [2.75, 3.05) is 5.32 Å². The number of hydrogen-bond donors (Lipinski definition) is 1. The lowest BCUT2D eigenvalue weighted by Gasteiger charge is -2.23. The predicted molar refractivity (Wildman–Crippen MR) is 93.3 cm³/mol. The van der Waals surface area contributed by atoms with E-state index in [2.05, 4.69) is 33.0 Å². The number of hydrogen-bond acceptors (Lipinski definition) is 4. The first-order chi connectivity index (χ1) is 11.8. The average Bonchev–Trinajstić information content (AvgIpc) is 3.29. The number of thiophene rings is 1. The summed E-state index contributed by atoms with van der Waals surface area (Å²) < 4.78 is 4.02. The highest BCUT2D eigenvalue weighted by molar-refractivity contribution is 7.09. The fraction of sp³-hybridized carbons (Fsp3) is 0.353. The number of carbonyl (C=O) groups excluding carboxylic acids is 1. The molecule has 3 aromatic heterocycles. The Morgan fingerprint density at radius 1 is 1.46 bits per heavy atom. The number of fused-ring (bicyclic) bond motifs is 1. The molecule has 3 aromatic rings. The van der Waals surface area contributed by atoms with Crippen LogP contribution < -0.4 is 5.32 Å². The molecule has 4 heterocycles. The molecule has 1 atom stereocenters. The van der Waals surface area contributed by atoms with Gasteiger partial charge < -0.3 is 9.88 Å². The zero-order valence-corrected chi connectivity index (χ0v) is 14.3. The third-order valence-corrected chi connectivity index (χ3v) is 5.16. The van der Waals surface area contributed by atoms with Gasteiger partial charge in [-0.2, -0.15) is 5.10 Å². The van der Waals surface area contributed by atoms with Crippen molar-refractivity contribution in [3.05, 3.63) is 52.4 Å². The van der Waals surface area contributed by atoms with Gasteiger partial charge in [0.25, 0.3) is 0 Å². The maximum Gasteiger partial charge on any atom is 0.226 e. The van der Waals surface area contributed by atoms with Crippen molar-refractivity contribution in [1.29, 1.82) is 0 Å². The topological polar surface area (TPSA) is 64.7 Å². The zero-order valence-electron chi connectivity index (χ0n) is 13.5. The summed E-state index contributed by atoms with van der Waals surface area (Å²) in [4.78, 5) is 18.0. The summed E-state index contributed by atoms with van der Waals surface area (Å²) in [5.41, 5.74) is 1.05. The summed E-state index contributed by atoms with van der Waals surface area (Å²) in [6, 6.07) is 4.10. The summed E-state index contributed by atoms with van der Waals surface area (Å²) >= 11 is 1.69. The molecule has 1 aliphatic rings. The van der Waals surface area contributed by atoms with Crippen molar-refractivity contribution in [2.45, 2.75) is 38.8 Å². The fourth-order valence-corrected chi connectivity index (χ4v) is 3.92. The largest absolute Gasteiger partial charge is 0.334 e. The van der Waals surface area contributed by atoms with Crippen LogP contribution in [-0.4, -0.2) is 25.2 Å². The van der Waals surface area contributed by atoms with Crippen molar-refractivity contribution in [3.63, 3.8) is 0 Å². The van der Waals surface area contributed by atoms with Gasteiger partial charge in [0.1, 0.15) is 11.6 Å². The Balaban J connectivity index is 1.71. The molecular formula is C17H19N5OS. The Morgan fingerprint density at radius 3 is 3.17 bits per heavy atom. The van der Waals surface area contributed by atoms with E-state index in [1.165, 1.54) is 4.88 Å². The number of anilines is 1. The molecule has 0 bridgehead atoms. The lowest BCUT2D eigenvalue weighted by atomic mass is 9.93. The van der Waals surface area contributed by atoms with E-state index >= 15 is 0 Å². The third-order valence-electron chi connectivity index (χ3n) is 4.30. The van der Waals surface area contributed by atoms with E-state index in [1.807, 2.05) is 34.7 Å². The van der Waals surface area contributed by atoms with Gasteiger partial charge in [0.15, 0.2) is 0 Å². The van der Waals surface area contributed by atoms with E-state index in [0.717, 1.165) is 30.2 Å². The molecule has 0 spiro atoms. The van der Waals surface area contributed by atoms with Gasteiger partial charge >= 0.3 is 0 Å². The van der Waals surface area contributed by atoms with Gasteiger partial charge in [-0.1, -0.05) is 13.0 Å². The Labute approximate surface area is 144 Å². The van der Waals surface area contributed by atoms with E-state index < -0.39 is 0 Å². The first-order valence-corrected chi connectivity index (χ1v) is 9.03. The smallest absolute Gasteiger partial charge is 0.226 e. The molecule has 6 nitrogen and oxygen atoms in total. The Morgan fingerprint density at radius 2 is 2.38 bits per heavy atom. The van der Waals surface area contributed by atoms with Crippen LogP contribution in [0, 0.1) is 0 Å². The summed E-state index contributed by atoms with van der Waals surface area (Å²) in [6.45, 7) is 3.72. The maximum absolute atomic E-state index is 12.3. The number of nitrogens with zero attached hydrogens (tertiary/aromatic N) is 4. The normalized spacial score (nSPS) is 16.9. The molecule has 1 aliphatic heterocycles. The predicted octanol–water partition coefficient (Wildman–Crippen LogP) is 3.07. The van der Waals surface area contributed by atoms with Crippen LogP contribution in [0.5, 0.6) is 0 Å². The molecule has 124 valence electrons. The summed E-state index contributed by atoms with van der Waals surface area (Å²) in [5.74, 6) is 1.73. The molecule has 24 heavy (non-hydrogen) atoms. The number of imidazole rings is 1. The second-order valence-corrected chi connectivity index (χ2v) is 7.00. The van der Waals surface area contributed by atoms with Gasteiger partial charge in [0.05, 0.1) is 18.7 Å². The van der Waals surface area contributed by atoms with Crippen LogP contribution in [0.2, 0.25) is 0 Å². The minimum absolute atomic E-state index is 0.0199. The van der Waals surface area contributed by atoms with E-state index in [0.29, 0.717) is 13.0 Å². The van der Waals surface area contributed by atoms with Crippen LogP contribution in [0.4, 0.5) is 5.82 Å². The van der Waals surface area contributed by atoms with Crippen LogP contribution in [0.15, 0.2) is 36.1 Å². The van der Waals surface area contributed by atoms with Crippen molar-refractivity contribution < 1.29 is 4.79 Å². The highest BCUT2D eigenvalue weighted by Gasteiger charge is 2.32. The highest BCUT2D eigenvalue weighted by atomic mass is 32.1. The molecule has 0 saturated carbocycles. The molecule has 4 rings (SSSR count). The van der Waals surface area contributed by atoms with Crippen molar-refractivity contribution in [3.8, 4) is 0 Å². The van der Waals surface area contributed by atoms with E-state index in [4.69, 9.17) is 0 Å². The van der Waals surface area contributed by atoms with Gasteiger partial charge in [-0.05, 0) is 17.9 Å². The van der Waals surface area contributed by atoms with E-state index in [9.17, 15) is 4.79 Å². The number of nitrogens with one attached hydrogen (secondary N) is 1. The van der Waals surface area contributed by atoms with Crippen molar-refractivity contribution in [2.24, 2.45) is 0 Å². The van der Waals surface area contributed by atoms with E-state index in [1.54, 1.807) is 11.3 Å². The van der Waals surface area contributed by atoms with Crippen LogP contribution >= 0.6 is 11.3 Å². The monoisotopic (exact) mass is 341 g/mol. The molecule has 1 amide bonds. The van der Waals surface area contributed by atoms with Crippen LogP contribution in [0.1, 0.15) is 41.9 Å². The molecule has 0 aromatic carbocycles. The Kier molecular flexibility index (Phi) is 3.93. The number of aryl methyl sites for hydroxylation is 1. The molecule has 0 aliphatic carbocycles. The van der Waals surface area contributed by atoms with Gasteiger partial charge in [-0.15, -0.1) is 11.3 Å². The first kappa shape index (κ1) is 15.1. The van der Waals surface area contributed by atoms with Gasteiger partial charge in [0.2, 0.25) is 5.91 Å². The minimum Gasteiger partial charge on any atom is -0.334 e. The number of rotatable bonds is 5. The lowest BCUT2D eigenvalue weighted by Crippen LogP contribution is -2.26. The fourth-order valence-electron chi connectivity index (χ4n) is 3.23. The summed E-state index contributed by atoms with van der Waals surface area (Å²) in [6.07, 6.45) is 7.12. The quantitative estimate of drug-likeness (QED) is 0.776. The van der Waals surface area contributed by atoms with Gasteiger partial charge in [0, 0.05) is 35.8 Å². The minimum atomic E-state index is -0.0348. The number of carbonyl (C=O) groups is 1. The van der Waals surface area contributed by atoms with Crippen molar-refractivity contribution >= 4 is 23.1 Å². The number of amides is 1. The maximum atomic E-state index is 12.3. The standard InChI is InChI=1S/C17H19N5OS/c1-2-6-21-7-5-18-16(21)13-9-15(23)20-17-14(13)10-19-22(17)11-12-4-3-8-24-12/h3-5,7-8,10,13H,2,6,9,11H2,1H3,(H,20,23)/t13-/m0/s1. The second kappa shape index (κ2) is 6.24. The zero-order chi connectivity index (χ0) is 16.5. The molecule has 1 N–H and O–H groups in total. The lowest BCUT2D eigenvalue weighted by molar-refractivity contribution is -0.116. The highest BCUT2D eigenvalue weighted by Crippen LogP contribution is 2.36. The summed E-state index contributed by atoms with van der Waals surface area (Å²) in [5, 5.41) is 9.56. The molecule has 0 radical (unpaired) electrons. The molecule has 0 unspecified atom stereocenters.